The molecule has 0 saturated heterocycles. The zero-order chi connectivity index (χ0) is 69.8. The number of aliphatic hydroxyl groups is 2. The van der Waals surface area contributed by atoms with Crippen LogP contribution in [0.1, 0.15) is 547 Å². The van der Waals surface area contributed by atoms with Crippen LogP contribution < -0.4 is 5.32 Å². The molecule has 0 bridgehead atoms. The molecule has 6 nitrogen and oxygen atoms in total. The number of rotatable bonds is 88. The first-order chi connectivity index (χ1) is 48.0. The molecule has 0 spiro atoms. The van der Waals surface area contributed by atoms with Gasteiger partial charge in [-0.3, -0.25) is 9.59 Å². The maximum atomic E-state index is 12.6. The number of nitrogens with one attached hydrogen (secondary N) is 1. The lowest BCUT2D eigenvalue weighted by molar-refractivity contribution is -0.143. The zero-order valence-electron chi connectivity index (χ0n) is 66.9. The molecule has 6 heteroatoms. The molecule has 3 N–H and O–H groups in total. The predicted octanol–water partition coefficient (Wildman–Crippen LogP) is 30.8. The van der Waals surface area contributed by atoms with Crippen molar-refractivity contribution in [3.05, 3.63) is 0 Å². The van der Waals surface area contributed by atoms with Gasteiger partial charge in [0.1, 0.15) is 0 Å². The van der Waals surface area contributed by atoms with Crippen molar-refractivity contribution in [2.24, 2.45) is 0 Å². The van der Waals surface area contributed by atoms with Gasteiger partial charge in [0.05, 0.1) is 25.4 Å². The van der Waals surface area contributed by atoms with Gasteiger partial charge in [0.2, 0.25) is 5.91 Å². The number of aliphatic hydroxyl groups excluding tert-OH is 2. The Bertz CT molecular complexity index is 1440. The van der Waals surface area contributed by atoms with Gasteiger partial charge in [-0.15, -0.1) is 0 Å². The number of esters is 1. The lowest BCUT2D eigenvalue weighted by atomic mass is 10.0. The second-order valence-electron chi connectivity index (χ2n) is 32.0. The lowest BCUT2D eigenvalue weighted by Gasteiger charge is -2.22. The van der Waals surface area contributed by atoms with Gasteiger partial charge in [-0.25, -0.2) is 0 Å². The largest absolute Gasteiger partial charge is 0.466 e. The van der Waals surface area contributed by atoms with Crippen LogP contribution in [0.2, 0.25) is 0 Å². The molecule has 0 radical (unpaired) electrons. The number of carbonyl (C=O) groups excluding carboxylic acids is 2. The number of amides is 1. The summed E-state index contributed by atoms with van der Waals surface area (Å²) in [5.41, 5.74) is 0. The van der Waals surface area contributed by atoms with Gasteiger partial charge >= 0.3 is 5.97 Å². The van der Waals surface area contributed by atoms with Gasteiger partial charge < -0.3 is 20.3 Å². The molecule has 0 fully saturated rings. The highest BCUT2D eigenvalue weighted by Crippen LogP contribution is 2.22. The molecule has 0 saturated carbocycles. The van der Waals surface area contributed by atoms with Crippen LogP contribution in [0.25, 0.3) is 0 Å². The number of ether oxygens (including phenoxy) is 1. The second kappa shape index (κ2) is 87.3. The van der Waals surface area contributed by atoms with E-state index in [1.165, 1.54) is 475 Å². The Balaban J connectivity index is 3.29. The summed E-state index contributed by atoms with van der Waals surface area (Å²) in [6, 6.07) is -0.538. The van der Waals surface area contributed by atoms with E-state index in [9.17, 15) is 19.8 Å². The third-order valence-corrected chi connectivity index (χ3v) is 22.2. The molecule has 0 aliphatic rings. The molecule has 0 aliphatic heterocycles. The summed E-state index contributed by atoms with van der Waals surface area (Å²) in [6.45, 7) is 5.04. The van der Waals surface area contributed by atoms with E-state index in [2.05, 4.69) is 19.2 Å². The Kier molecular flexibility index (Phi) is 86.2. The summed E-state index contributed by atoms with van der Waals surface area (Å²) < 4.78 is 5.53. The highest BCUT2D eigenvalue weighted by molar-refractivity contribution is 5.76. The van der Waals surface area contributed by atoms with E-state index in [4.69, 9.17) is 4.74 Å². The van der Waals surface area contributed by atoms with E-state index in [0.717, 1.165) is 38.5 Å². The maximum Gasteiger partial charge on any atom is 0.305 e. The van der Waals surface area contributed by atoms with Crippen molar-refractivity contribution in [3.63, 3.8) is 0 Å². The van der Waals surface area contributed by atoms with Crippen molar-refractivity contribution in [1.82, 2.24) is 5.32 Å². The summed E-state index contributed by atoms with van der Waals surface area (Å²) in [6.07, 6.45) is 111. The standard InChI is InChI=1S/C91H181NO5/c1-3-5-7-9-11-13-15-17-19-21-23-24-25-39-42-45-48-51-55-59-63-67-71-75-79-83-89(94)88(87-93)92-90(95)84-80-76-72-68-64-60-56-52-49-46-43-40-37-35-33-31-29-27-26-28-30-32-34-36-38-41-44-47-50-54-58-62-66-70-74-78-82-86-97-91(96)85-81-77-73-69-65-61-57-53-22-20-18-16-14-12-10-8-6-4-2/h88-89,93-94H,3-87H2,1-2H3,(H,92,95). The number of carbonyl (C=O) groups is 2. The first-order valence-electron chi connectivity index (χ1n) is 45.8. The molecule has 0 heterocycles. The van der Waals surface area contributed by atoms with Crippen LogP contribution in [0.4, 0.5) is 0 Å². The van der Waals surface area contributed by atoms with E-state index in [1.54, 1.807) is 0 Å². The van der Waals surface area contributed by atoms with Crippen molar-refractivity contribution in [3.8, 4) is 0 Å². The first-order valence-corrected chi connectivity index (χ1v) is 45.8. The number of hydrogen-bond donors (Lipinski definition) is 3. The summed E-state index contributed by atoms with van der Waals surface area (Å²) in [5, 5.41) is 23.5. The Hall–Kier alpha value is -1.14. The smallest absolute Gasteiger partial charge is 0.305 e. The van der Waals surface area contributed by atoms with Crippen molar-refractivity contribution in [1.29, 1.82) is 0 Å². The minimum atomic E-state index is -0.661. The Morgan fingerprint density at radius 2 is 0.423 bits per heavy atom. The quantitative estimate of drug-likeness (QED) is 0.0417. The molecule has 0 rings (SSSR count). The molecule has 97 heavy (non-hydrogen) atoms. The molecule has 580 valence electrons. The van der Waals surface area contributed by atoms with Gasteiger partial charge in [0.25, 0.3) is 0 Å². The lowest BCUT2D eigenvalue weighted by Crippen LogP contribution is -2.45. The fourth-order valence-corrected chi connectivity index (χ4v) is 15.2. The van der Waals surface area contributed by atoms with Gasteiger partial charge in [0.15, 0.2) is 0 Å². The van der Waals surface area contributed by atoms with Crippen LogP contribution in [0.15, 0.2) is 0 Å². The molecular formula is C91H181NO5. The van der Waals surface area contributed by atoms with Gasteiger partial charge in [-0.2, -0.15) is 0 Å². The molecular weight excluding hydrogens is 1190 g/mol. The number of hydrogen-bond acceptors (Lipinski definition) is 5. The summed E-state index contributed by atoms with van der Waals surface area (Å²) >= 11 is 0. The van der Waals surface area contributed by atoms with Crippen LogP contribution in [0.3, 0.4) is 0 Å². The van der Waals surface area contributed by atoms with Gasteiger partial charge in [0, 0.05) is 12.8 Å². The summed E-state index contributed by atoms with van der Waals surface area (Å²) in [7, 11) is 0. The molecule has 2 atom stereocenters. The topological polar surface area (TPSA) is 95.9 Å². The third-order valence-electron chi connectivity index (χ3n) is 22.2. The molecule has 0 aliphatic carbocycles. The highest BCUT2D eigenvalue weighted by atomic mass is 16.5. The average Bonchev–Trinajstić information content (AvgIpc) is 2.45. The fraction of sp³-hybridized carbons (Fsp3) is 0.978. The highest BCUT2D eigenvalue weighted by Gasteiger charge is 2.20. The van der Waals surface area contributed by atoms with Crippen molar-refractivity contribution >= 4 is 11.9 Å². The summed E-state index contributed by atoms with van der Waals surface area (Å²) in [4.78, 5) is 24.7. The minimum Gasteiger partial charge on any atom is -0.466 e. The van der Waals surface area contributed by atoms with Gasteiger partial charge in [-0.05, 0) is 25.7 Å². The van der Waals surface area contributed by atoms with E-state index in [0.29, 0.717) is 25.9 Å². The zero-order valence-corrected chi connectivity index (χ0v) is 66.9. The van der Waals surface area contributed by atoms with E-state index in [1.807, 2.05) is 0 Å². The van der Waals surface area contributed by atoms with Gasteiger partial charge in [-0.1, -0.05) is 508 Å². The van der Waals surface area contributed by atoms with Crippen LogP contribution in [-0.2, 0) is 14.3 Å². The first kappa shape index (κ1) is 95.9. The second-order valence-corrected chi connectivity index (χ2v) is 32.0. The van der Waals surface area contributed by atoms with Crippen molar-refractivity contribution in [2.75, 3.05) is 13.2 Å². The van der Waals surface area contributed by atoms with Crippen LogP contribution >= 0.6 is 0 Å². The maximum absolute atomic E-state index is 12.6. The molecule has 0 aromatic heterocycles. The SMILES string of the molecule is CCCCCCCCCCCCCCCCCCCCCCCCCCCC(O)C(CO)NC(=O)CCCCCCCCCCCCCCCCCCCCCCCCCCCCCCCCCCCCCCCOC(=O)CCCCCCCCCCCCCCCCCCCC. The van der Waals surface area contributed by atoms with Crippen LogP contribution in [-0.4, -0.2) is 47.4 Å². The van der Waals surface area contributed by atoms with Crippen molar-refractivity contribution < 1.29 is 24.5 Å². The average molecular weight is 1370 g/mol. The monoisotopic (exact) mass is 1370 g/mol. The molecule has 1 amide bonds. The Labute approximate surface area is 610 Å². The van der Waals surface area contributed by atoms with E-state index < -0.39 is 12.1 Å². The minimum absolute atomic E-state index is 0.0218. The molecule has 0 aromatic rings. The van der Waals surface area contributed by atoms with Crippen molar-refractivity contribution in [2.45, 2.75) is 559 Å². The molecule has 0 aromatic carbocycles. The Morgan fingerprint density at radius 1 is 0.247 bits per heavy atom. The normalized spacial score (nSPS) is 12.3. The van der Waals surface area contributed by atoms with Crippen LogP contribution in [0, 0.1) is 0 Å². The van der Waals surface area contributed by atoms with E-state index in [-0.39, 0.29) is 18.5 Å². The van der Waals surface area contributed by atoms with E-state index >= 15 is 0 Å². The predicted molar refractivity (Wildman–Crippen MR) is 431 cm³/mol. The summed E-state index contributed by atoms with van der Waals surface area (Å²) in [5.74, 6) is 0.00789. The van der Waals surface area contributed by atoms with Crippen LogP contribution in [0.5, 0.6) is 0 Å². The molecule has 2 unspecified atom stereocenters. The Morgan fingerprint density at radius 3 is 0.629 bits per heavy atom. The fourth-order valence-electron chi connectivity index (χ4n) is 15.2. The number of unbranched alkanes of at least 4 members (excludes halogenated alkanes) is 77. The third kappa shape index (κ3) is 83.7.